The molecule has 12 heteroatoms. The summed E-state index contributed by atoms with van der Waals surface area (Å²) in [6.45, 7) is 2.35. The van der Waals surface area contributed by atoms with Crippen molar-refractivity contribution < 1.29 is 35.9 Å². The number of hydrogen-bond acceptors (Lipinski definition) is 3. The molecular formula is C19H18F6N4O2. The number of nitrogens with zero attached hydrogens (tertiary/aromatic N) is 3. The normalized spacial score (nSPS) is 15.8. The summed E-state index contributed by atoms with van der Waals surface area (Å²) in [6, 6.07) is 4.79. The van der Waals surface area contributed by atoms with Crippen LogP contribution < -0.4 is 5.32 Å². The quantitative estimate of drug-likeness (QED) is 0.719. The lowest BCUT2D eigenvalue weighted by Gasteiger charge is -2.30. The maximum Gasteiger partial charge on any atom is 0.435 e. The number of halogens is 6. The van der Waals surface area contributed by atoms with Gasteiger partial charge in [-0.2, -0.15) is 31.4 Å². The van der Waals surface area contributed by atoms with Gasteiger partial charge < -0.3 is 10.2 Å². The van der Waals surface area contributed by atoms with E-state index in [4.69, 9.17) is 0 Å². The second-order valence-corrected chi connectivity index (χ2v) is 7.14. The van der Waals surface area contributed by atoms with Crippen LogP contribution in [0.25, 0.3) is 5.69 Å². The van der Waals surface area contributed by atoms with Crippen LogP contribution >= 0.6 is 0 Å². The molecule has 1 fully saturated rings. The lowest BCUT2D eigenvalue weighted by atomic mass is 9.96. The van der Waals surface area contributed by atoms with Gasteiger partial charge >= 0.3 is 12.4 Å². The van der Waals surface area contributed by atoms with Gasteiger partial charge in [-0.1, -0.05) is 0 Å². The fraction of sp³-hybridized carbons (Fsp3) is 0.421. The summed E-state index contributed by atoms with van der Waals surface area (Å²) < 4.78 is 78.1. The highest BCUT2D eigenvalue weighted by atomic mass is 19.4. The van der Waals surface area contributed by atoms with E-state index in [1.54, 1.807) is 4.90 Å². The minimum Gasteiger partial charge on any atom is -0.343 e. The molecular weight excluding hydrogens is 430 g/mol. The number of benzene rings is 1. The molecule has 6 nitrogen and oxygen atoms in total. The average molecular weight is 448 g/mol. The first kappa shape index (κ1) is 22.6. The van der Waals surface area contributed by atoms with E-state index in [1.165, 1.54) is 19.1 Å². The Morgan fingerprint density at radius 1 is 1.00 bits per heavy atom. The summed E-state index contributed by atoms with van der Waals surface area (Å²) >= 11 is 0. The maximum absolute atomic E-state index is 13.2. The predicted octanol–water partition coefficient (Wildman–Crippen LogP) is 4.11. The number of rotatable bonds is 3. The predicted molar refractivity (Wildman–Crippen MR) is 97.2 cm³/mol. The molecule has 0 unspecified atom stereocenters. The van der Waals surface area contributed by atoms with Gasteiger partial charge in [0.05, 0.1) is 5.69 Å². The van der Waals surface area contributed by atoms with Gasteiger partial charge in [-0.05, 0) is 37.1 Å². The lowest BCUT2D eigenvalue weighted by Crippen LogP contribution is -2.40. The molecule has 31 heavy (non-hydrogen) atoms. The third kappa shape index (κ3) is 5.17. The Labute approximate surface area is 172 Å². The van der Waals surface area contributed by atoms with E-state index in [9.17, 15) is 35.9 Å². The number of aromatic nitrogens is 2. The van der Waals surface area contributed by atoms with Gasteiger partial charge in [-0.3, -0.25) is 9.59 Å². The van der Waals surface area contributed by atoms with Gasteiger partial charge in [0.25, 0.3) is 0 Å². The maximum atomic E-state index is 13.2. The van der Waals surface area contributed by atoms with E-state index in [1.807, 2.05) is 0 Å². The van der Waals surface area contributed by atoms with Crippen LogP contribution in [0.3, 0.4) is 0 Å². The monoisotopic (exact) mass is 448 g/mol. The molecule has 2 heterocycles. The zero-order valence-electron chi connectivity index (χ0n) is 16.2. The van der Waals surface area contributed by atoms with Crippen LogP contribution in [0.2, 0.25) is 0 Å². The summed E-state index contributed by atoms with van der Waals surface area (Å²) in [7, 11) is 0. The van der Waals surface area contributed by atoms with E-state index in [2.05, 4.69) is 10.4 Å². The Kier molecular flexibility index (Phi) is 6.01. The molecule has 1 aromatic heterocycles. The van der Waals surface area contributed by atoms with E-state index < -0.39 is 23.7 Å². The van der Waals surface area contributed by atoms with Crippen LogP contribution in [0.15, 0.2) is 30.3 Å². The van der Waals surface area contributed by atoms with Crippen molar-refractivity contribution in [2.75, 3.05) is 18.4 Å². The number of carbonyl (C=O) groups is 2. The number of carbonyl (C=O) groups excluding carboxylic acids is 2. The molecule has 3 rings (SSSR count). The van der Waals surface area contributed by atoms with Gasteiger partial charge in [0.1, 0.15) is 5.69 Å². The van der Waals surface area contributed by atoms with Crippen LogP contribution in [-0.4, -0.2) is 39.6 Å². The van der Waals surface area contributed by atoms with Gasteiger partial charge in [-0.25, -0.2) is 4.68 Å². The van der Waals surface area contributed by atoms with E-state index >= 15 is 0 Å². The average Bonchev–Trinajstić information content (AvgIpc) is 3.15. The van der Waals surface area contributed by atoms with E-state index in [0.29, 0.717) is 25.9 Å². The smallest absolute Gasteiger partial charge is 0.343 e. The fourth-order valence-electron chi connectivity index (χ4n) is 3.31. The molecule has 1 N–H and O–H groups in total. The number of nitrogens with one attached hydrogen (secondary N) is 1. The highest BCUT2D eigenvalue weighted by Crippen LogP contribution is 2.36. The van der Waals surface area contributed by atoms with Crippen LogP contribution in [0.1, 0.15) is 31.2 Å². The summed E-state index contributed by atoms with van der Waals surface area (Å²) in [5, 5.41) is 5.69. The zero-order valence-corrected chi connectivity index (χ0v) is 16.2. The Balaban J connectivity index is 1.74. The molecule has 0 saturated carbocycles. The van der Waals surface area contributed by atoms with Crippen molar-refractivity contribution in [2.45, 2.75) is 32.1 Å². The molecule has 1 aliphatic heterocycles. The lowest BCUT2D eigenvalue weighted by molar-refractivity contribution is -0.143. The topological polar surface area (TPSA) is 67.2 Å². The zero-order chi connectivity index (χ0) is 23.0. The second-order valence-electron chi connectivity index (χ2n) is 7.14. The van der Waals surface area contributed by atoms with Crippen molar-refractivity contribution in [3.8, 4) is 5.69 Å². The summed E-state index contributed by atoms with van der Waals surface area (Å²) in [5.41, 5.74) is -3.18. The molecule has 168 valence electrons. The van der Waals surface area contributed by atoms with Crippen LogP contribution in [0, 0.1) is 5.92 Å². The van der Waals surface area contributed by atoms with Crippen molar-refractivity contribution in [1.82, 2.24) is 14.7 Å². The van der Waals surface area contributed by atoms with Gasteiger partial charge in [0.2, 0.25) is 11.8 Å². The molecule has 0 atom stereocenters. The number of piperidine rings is 1. The minimum atomic E-state index is -5.04. The van der Waals surface area contributed by atoms with Crippen LogP contribution in [0.5, 0.6) is 0 Å². The number of anilines is 1. The molecule has 1 aliphatic rings. The molecule has 0 aliphatic carbocycles. The number of likely N-dealkylation sites (tertiary alicyclic amines) is 1. The fourth-order valence-corrected chi connectivity index (χ4v) is 3.31. The summed E-state index contributed by atoms with van der Waals surface area (Å²) in [5.74, 6) is -0.696. The summed E-state index contributed by atoms with van der Waals surface area (Å²) in [6.07, 6.45) is -9.12. The van der Waals surface area contributed by atoms with Crippen molar-refractivity contribution >= 4 is 17.5 Å². The number of hydrogen-bond donors (Lipinski definition) is 1. The molecule has 2 amide bonds. The first-order valence-electron chi connectivity index (χ1n) is 9.27. The Bertz CT molecular complexity index is 957. The van der Waals surface area contributed by atoms with Crippen molar-refractivity contribution in [3.05, 3.63) is 41.7 Å². The first-order valence-corrected chi connectivity index (χ1v) is 9.27. The van der Waals surface area contributed by atoms with E-state index in [-0.39, 0.29) is 39.9 Å². The largest absolute Gasteiger partial charge is 0.435 e. The van der Waals surface area contributed by atoms with Crippen molar-refractivity contribution in [3.63, 3.8) is 0 Å². The van der Waals surface area contributed by atoms with Gasteiger partial charge in [0, 0.05) is 37.7 Å². The van der Waals surface area contributed by atoms with Crippen LogP contribution in [0.4, 0.5) is 32.0 Å². The Morgan fingerprint density at radius 2 is 1.58 bits per heavy atom. The molecule has 2 aromatic rings. The standard InChI is InChI=1S/C19H18F6N4O2/c1-11(30)28-8-6-12(7-9-28)17(31)26-13-2-4-14(5-3-13)29-16(19(23,24)25)10-15(27-29)18(20,21)22/h2-5,10,12H,6-9H2,1H3,(H,26,31). The third-order valence-corrected chi connectivity index (χ3v) is 4.98. The minimum absolute atomic E-state index is 0.0525. The van der Waals surface area contributed by atoms with Crippen LogP contribution in [-0.2, 0) is 21.9 Å². The molecule has 1 saturated heterocycles. The molecule has 0 radical (unpaired) electrons. The van der Waals surface area contributed by atoms with Crippen molar-refractivity contribution in [2.24, 2.45) is 5.92 Å². The number of alkyl halides is 6. The summed E-state index contributed by atoms with van der Waals surface area (Å²) in [4.78, 5) is 25.4. The van der Waals surface area contributed by atoms with Gasteiger partial charge in [-0.15, -0.1) is 0 Å². The Hall–Kier alpha value is -3.05. The number of amides is 2. The van der Waals surface area contributed by atoms with E-state index in [0.717, 1.165) is 12.1 Å². The van der Waals surface area contributed by atoms with Crippen molar-refractivity contribution in [1.29, 1.82) is 0 Å². The molecule has 0 spiro atoms. The highest BCUT2D eigenvalue weighted by Gasteiger charge is 2.42. The SMILES string of the molecule is CC(=O)N1CCC(C(=O)Nc2ccc(-n3nc(C(F)(F)F)cc3C(F)(F)F)cc2)CC1. The molecule has 1 aromatic carbocycles. The van der Waals surface area contributed by atoms with Gasteiger partial charge in [0.15, 0.2) is 5.69 Å². The highest BCUT2D eigenvalue weighted by molar-refractivity contribution is 5.92. The second kappa shape index (κ2) is 8.23. The third-order valence-electron chi connectivity index (χ3n) is 4.98. The molecule has 0 bridgehead atoms. The first-order chi connectivity index (χ1) is 14.4. The Morgan fingerprint density at radius 3 is 2.06 bits per heavy atom.